The van der Waals surface area contributed by atoms with E-state index in [0.29, 0.717) is 0 Å². The number of hydrogen-bond acceptors (Lipinski definition) is 4. The van der Waals surface area contributed by atoms with Gasteiger partial charge in [-0.2, -0.15) is 0 Å². The van der Waals surface area contributed by atoms with Crippen LogP contribution in [0.5, 0.6) is 0 Å². The van der Waals surface area contributed by atoms with Gasteiger partial charge in [0.1, 0.15) is 0 Å². The van der Waals surface area contributed by atoms with Gasteiger partial charge in [-0.15, -0.1) is 0 Å². The quantitative estimate of drug-likeness (QED) is 0.154. The number of rotatable bonds is 6. The Bertz CT molecular complexity index is 3790. The molecule has 1 aliphatic carbocycles. The van der Waals surface area contributed by atoms with Crippen LogP contribution in [0.1, 0.15) is 0 Å². The Morgan fingerprint density at radius 1 is 0.292 bits per heavy atom. The van der Waals surface area contributed by atoms with Gasteiger partial charge >= 0.3 is 0 Å². The second kappa shape index (κ2) is 16.3. The molecule has 4 nitrogen and oxygen atoms in total. The van der Waals surface area contributed by atoms with Gasteiger partial charge in [-0.25, -0.2) is 0 Å². The lowest BCUT2D eigenvalue weighted by Gasteiger charge is -2.51. The minimum Gasteiger partial charge on any atom is -0.335 e. The maximum Gasteiger partial charge on any atom is 0.252 e. The standard InChI is InChI=1S/C66H46B2N4/c1-7-23-45(24-8-1)47-39-61-65-63(41-47)71(51-31-15-5-16-32-51)59-44-60-56(43-55(59)67(65)53-35-19-21-37-57(53)69(61)49-27-11-3-12-28-49)68-54-36-20-22-38-58(54)70(50-29-13-4-14-30-50)62-40-48(46-25-9-2-10-26-46)42-64(66(62)68)72(60)52-33-17-6-18-34-52/h1-44,53,57H. The Kier molecular flexibility index (Phi) is 9.25. The zero-order valence-corrected chi connectivity index (χ0v) is 39.5. The van der Waals surface area contributed by atoms with Crippen LogP contribution >= 0.6 is 0 Å². The van der Waals surface area contributed by atoms with Crippen LogP contribution in [0, 0.1) is 0 Å². The number of allylic oxidation sites excluding steroid dienone is 2. The summed E-state index contributed by atoms with van der Waals surface area (Å²) in [7, 11) is 0. The molecule has 0 amide bonds. The van der Waals surface area contributed by atoms with Crippen LogP contribution in [0.2, 0.25) is 5.82 Å². The third-order valence-electron chi connectivity index (χ3n) is 15.8. The first-order valence-electron chi connectivity index (χ1n) is 25.3. The van der Waals surface area contributed by atoms with Crippen molar-refractivity contribution >= 4 is 103 Å². The molecular formula is C66H46B2N4. The van der Waals surface area contributed by atoms with Crippen molar-refractivity contribution in [1.29, 1.82) is 0 Å². The molecular weight excluding hydrogens is 870 g/mol. The van der Waals surface area contributed by atoms with Crippen molar-refractivity contribution in [1.82, 2.24) is 0 Å². The van der Waals surface area contributed by atoms with E-state index in [-0.39, 0.29) is 25.3 Å². The summed E-state index contributed by atoms with van der Waals surface area (Å²) in [6.07, 6.45) is 9.48. The second-order valence-corrected chi connectivity index (χ2v) is 19.6. The maximum atomic E-state index is 2.65. The topological polar surface area (TPSA) is 13.0 Å². The highest BCUT2D eigenvalue weighted by molar-refractivity contribution is 7.01. The van der Waals surface area contributed by atoms with Crippen molar-refractivity contribution in [2.75, 3.05) is 19.6 Å². The van der Waals surface area contributed by atoms with Gasteiger partial charge in [0.05, 0.1) is 6.04 Å². The van der Waals surface area contributed by atoms with E-state index in [0.717, 1.165) is 17.1 Å². The molecule has 10 aromatic rings. The summed E-state index contributed by atoms with van der Waals surface area (Å²) < 4.78 is 0. The minimum absolute atomic E-state index is 0.0512. The average Bonchev–Trinajstić information content (AvgIpc) is 3.46. The molecule has 6 heteroatoms. The molecule has 10 aromatic carbocycles. The molecule has 0 saturated carbocycles. The Labute approximate surface area is 421 Å². The molecule has 0 aromatic heterocycles. The summed E-state index contributed by atoms with van der Waals surface area (Å²) >= 11 is 0. The predicted octanol–water partition coefficient (Wildman–Crippen LogP) is 13.5. The first-order valence-corrected chi connectivity index (χ1v) is 25.3. The molecule has 0 radical (unpaired) electrons. The summed E-state index contributed by atoms with van der Waals surface area (Å²) in [6, 6.07) is 90.3. The molecule has 0 saturated heterocycles. The lowest BCUT2D eigenvalue weighted by atomic mass is 9.27. The molecule has 0 bridgehead atoms. The largest absolute Gasteiger partial charge is 0.335 e. The van der Waals surface area contributed by atoms with Crippen LogP contribution in [0.25, 0.3) is 22.3 Å². The SMILES string of the molecule is C1=CC2B3c4cc5c(cc4N(c4ccccc4)c4cc(-c6ccccc6)cc(c43)N(c3ccccc3)C2C=C1)N(c1ccccc1)c1cc(-c2ccccc2)cc2c1B5c1ccccc1N2c1ccccc1. The highest BCUT2D eigenvalue weighted by Gasteiger charge is 2.51. The lowest BCUT2D eigenvalue weighted by molar-refractivity contribution is 0.766. The summed E-state index contributed by atoms with van der Waals surface area (Å²) in [6.45, 7) is 0.00199. The van der Waals surface area contributed by atoms with Crippen molar-refractivity contribution in [2.45, 2.75) is 11.9 Å². The van der Waals surface area contributed by atoms with E-state index in [1.54, 1.807) is 0 Å². The Morgan fingerprint density at radius 3 is 1.28 bits per heavy atom. The van der Waals surface area contributed by atoms with Gasteiger partial charge in [-0.05, 0) is 135 Å². The number of nitrogens with zero attached hydrogens (tertiary/aromatic N) is 4. The summed E-state index contributed by atoms with van der Waals surface area (Å²) in [5, 5.41) is 0. The van der Waals surface area contributed by atoms with E-state index in [1.807, 2.05) is 0 Å². The minimum atomic E-state index is -0.0512. The van der Waals surface area contributed by atoms with Crippen LogP contribution in [0.4, 0.5) is 62.6 Å². The highest BCUT2D eigenvalue weighted by Crippen LogP contribution is 2.52. The molecule has 0 spiro atoms. The summed E-state index contributed by atoms with van der Waals surface area (Å²) in [4.78, 5) is 10.3. The Morgan fingerprint density at radius 2 is 0.722 bits per heavy atom. The first kappa shape index (κ1) is 40.9. The highest BCUT2D eigenvalue weighted by atomic mass is 15.2. The second-order valence-electron chi connectivity index (χ2n) is 19.6. The van der Waals surface area contributed by atoms with Gasteiger partial charge in [0.15, 0.2) is 0 Å². The monoisotopic (exact) mass is 916 g/mol. The molecule has 5 aliphatic rings. The summed E-state index contributed by atoms with van der Waals surface area (Å²) in [5.41, 5.74) is 24.5. The molecule has 4 aliphatic heterocycles. The van der Waals surface area contributed by atoms with Crippen LogP contribution in [0.15, 0.2) is 267 Å². The number of benzene rings is 10. The average molecular weight is 917 g/mol. The normalized spacial score (nSPS) is 16.3. The van der Waals surface area contributed by atoms with Gasteiger partial charge in [-0.3, -0.25) is 0 Å². The van der Waals surface area contributed by atoms with E-state index in [1.165, 1.54) is 95.1 Å². The van der Waals surface area contributed by atoms with Crippen LogP contribution in [-0.2, 0) is 0 Å². The smallest absolute Gasteiger partial charge is 0.252 e. The van der Waals surface area contributed by atoms with Crippen LogP contribution < -0.4 is 46.9 Å². The first-order chi connectivity index (χ1) is 35.8. The fraction of sp³-hybridized carbons (Fsp3) is 0.0303. The van der Waals surface area contributed by atoms with Gasteiger partial charge in [0.2, 0.25) is 6.71 Å². The molecule has 2 unspecified atom stereocenters. The van der Waals surface area contributed by atoms with E-state index < -0.39 is 0 Å². The van der Waals surface area contributed by atoms with Crippen molar-refractivity contribution in [3.8, 4) is 22.3 Å². The van der Waals surface area contributed by atoms with Crippen molar-refractivity contribution in [3.05, 3.63) is 267 Å². The van der Waals surface area contributed by atoms with Crippen LogP contribution in [0.3, 0.4) is 0 Å². The molecule has 15 rings (SSSR count). The number of hydrogen-bond donors (Lipinski definition) is 0. The fourth-order valence-electron chi connectivity index (χ4n) is 12.9. The summed E-state index contributed by atoms with van der Waals surface area (Å²) in [5.74, 6) is 0.149. The number of anilines is 11. The Hall–Kier alpha value is -8.99. The third-order valence-corrected chi connectivity index (χ3v) is 15.8. The van der Waals surface area contributed by atoms with Gasteiger partial charge in [0.25, 0.3) is 6.71 Å². The van der Waals surface area contributed by atoms with Crippen molar-refractivity contribution in [3.63, 3.8) is 0 Å². The van der Waals surface area contributed by atoms with Gasteiger partial charge < -0.3 is 19.6 Å². The number of fused-ring (bicyclic) bond motifs is 8. The van der Waals surface area contributed by atoms with Gasteiger partial charge in [-0.1, -0.05) is 187 Å². The number of para-hydroxylation sites is 5. The van der Waals surface area contributed by atoms with E-state index in [2.05, 4.69) is 287 Å². The van der Waals surface area contributed by atoms with E-state index in [9.17, 15) is 0 Å². The zero-order chi connectivity index (χ0) is 47.3. The van der Waals surface area contributed by atoms with E-state index in [4.69, 9.17) is 0 Å². The van der Waals surface area contributed by atoms with Crippen molar-refractivity contribution < 1.29 is 0 Å². The van der Waals surface area contributed by atoms with Crippen molar-refractivity contribution in [2.24, 2.45) is 0 Å². The third kappa shape index (κ3) is 6.15. The lowest BCUT2D eigenvalue weighted by Crippen LogP contribution is -2.65. The van der Waals surface area contributed by atoms with E-state index >= 15 is 0 Å². The van der Waals surface area contributed by atoms with Crippen LogP contribution in [-0.4, -0.2) is 19.5 Å². The molecule has 72 heavy (non-hydrogen) atoms. The predicted molar refractivity (Wildman–Crippen MR) is 305 cm³/mol. The fourth-order valence-corrected chi connectivity index (χ4v) is 12.9. The molecule has 336 valence electrons. The van der Waals surface area contributed by atoms with Gasteiger partial charge in [0, 0.05) is 62.6 Å². The molecule has 0 N–H and O–H groups in total. The maximum absolute atomic E-state index is 2.65. The Balaban J connectivity index is 1.07. The molecule has 4 heterocycles. The molecule has 0 fully saturated rings. The molecule has 2 atom stereocenters. The zero-order valence-electron chi connectivity index (χ0n) is 39.5.